The summed E-state index contributed by atoms with van der Waals surface area (Å²) in [5.74, 6) is -1.88. The Morgan fingerprint density at radius 3 is 2.47 bits per heavy atom. The smallest absolute Gasteiger partial charge is 0.338 e. The van der Waals surface area contributed by atoms with Crippen LogP contribution in [0.25, 0.3) is 0 Å². The Morgan fingerprint density at radius 1 is 1.00 bits per heavy atom. The molecule has 156 valence electrons. The van der Waals surface area contributed by atoms with E-state index in [4.69, 9.17) is 4.74 Å². The van der Waals surface area contributed by atoms with Gasteiger partial charge >= 0.3 is 5.97 Å². The number of amides is 3. The van der Waals surface area contributed by atoms with Gasteiger partial charge in [-0.05, 0) is 36.6 Å². The third-order valence-electron chi connectivity index (χ3n) is 4.85. The number of fused-ring (bicyclic) bond motifs is 1. The monoisotopic (exact) mass is 408 g/mol. The minimum atomic E-state index is -0.719. The number of nitrogens with one attached hydrogen (secondary N) is 1. The predicted octanol–water partition coefficient (Wildman–Crippen LogP) is 2.60. The molecular formula is C23H24N2O5. The van der Waals surface area contributed by atoms with Crippen LogP contribution in [-0.2, 0) is 16.0 Å². The third-order valence-corrected chi connectivity index (χ3v) is 4.85. The molecule has 3 amide bonds. The first-order chi connectivity index (χ1) is 14.5. The van der Waals surface area contributed by atoms with E-state index in [1.165, 1.54) is 23.1 Å². The maximum absolute atomic E-state index is 12.5. The molecule has 7 nitrogen and oxygen atoms in total. The van der Waals surface area contributed by atoms with Gasteiger partial charge < -0.3 is 10.1 Å². The SMILES string of the molecule is CCCCN1C(=O)c2ccc(C(=O)OCC(=O)NCCc3ccccc3)cc2C1=O. The minimum Gasteiger partial charge on any atom is -0.452 e. The van der Waals surface area contributed by atoms with Gasteiger partial charge in [0.25, 0.3) is 17.7 Å². The number of hydrogen-bond donors (Lipinski definition) is 1. The highest BCUT2D eigenvalue weighted by molar-refractivity contribution is 6.21. The van der Waals surface area contributed by atoms with Gasteiger partial charge in [0.2, 0.25) is 0 Å². The van der Waals surface area contributed by atoms with Gasteiger partial charge in [-0.15, -0.1) is 0 Å². The van der Waals surface area contributed by atoms with Gasteiger partial charge in [0.15, 0.2) is 6.61 Å². The van der Waals surface area contributed by atoms with E-state index in [2.05, 4.69) is 5.32 Å². The lowest BCUT2D eigenvalue weighted by Crippen LogP contribution is -2.30. The number of benzene rings is 2. The van der Waals surface area contributed by atoms with Crippen molar-refractivity contribution in [2.24, 2.45) is 0 Å². The normalized spacial score (nSPS) is 12.6. The summed E-state index contributed by atoms with van der Waals surface area (Å²) >= 11 is 0. The summed E-state index contributed by atoms with van der Waals surface area (Å²) < 4.78 is 5.05. The van der Waals surface area contributed by atoms with Gasteiger partial charge in [-0.3, -0.25) is 19.3 Å². The van der Waals surface area contributed by atoms with Gasteiger partial charge in [0.1, 0.15) is 0 Å². The average molecular weight is 408 g/mol. The summed E-state index contributed by atoms with van der Waals surface area (Å²) in [5.41, 5.74) is 1.70. The van der Waals surface area contributed by atoms with Crippen LogP contribution in [0.2, 0.25) is 0 Å². The van der Waals surface area contributed by atoms with E-state index in [-0.39, 0.29) is 22.6 Å². The van der Waals surface area contributed by atoms with Crippen LogP contribution in [0.1, 0.15) is 56.4 Å². The van der Waals surface area contributed by atoms with E-state index < -0.39 is 24.4 Å². The molecule has 7 heteroatoms. The molecule has 0 fully saturated rings. The van der Waals surface area contributed by atoms with Gasteiger partial charge in [-0.2, -0.15) is 0 Å². The molecule has 2 aromatic rings. The molecule has 0 saturated heterocycles. The predicted molar refractivity (Wildman–Crippen MR) is 110 cm³/mol. The molecule has 1 aliphatic heterocycles. The number of hydrogen-bond acceptors (Lipinski definition) is 5. The second kappa shape index (κ2) is 9.82. The molecule has 0 radical (unpaired) electrons. The summed E-state index contributed by atoms with van der Waals surface area (Å²) in [6.07, 6.45) is 2.26. The van der Waals surface area contributed by atoms with Crippen molar-refractivity contribution in [2.75, 3.05) is 19.7 Å². The molecule has 1 aliphatic rings. The number of ether oxygens (including phenoxy) is 1. The van der Waals surface area contributed by atoms with Crippen LogP contribution in [0, 0.1) is 0 Å². The maximum atomic E-state index is 12.5. The fraction of sp³-hybridized carbons (Fsp3) is 0.304. The van der Waals surface area contributed by atoms with Crippen molar-refractivity contribution in [3.05, 3.63) is 70.8 Å². The van der Waals surface area contributed by atoms with Crippen LogP contribution in [-0.4, -0.2) is 48.3 Å². The lowest BCUT2D eigenvalue weighted by atomic mass is 10.1. The van der Waals surface area contributed by atoms with E-state index in [0.29, 0.717) is 19.5 Å². The Kier molecular flexibility index (Phi) is 6.95. The zero-order valence-electron chi connectivity index (χ0n) is 16.8. The molecule has 1 N–H and O–H groups in total. The number of unbranched alkanes of at least 4 members (excludes halogenated alkanes) is 1. The molecule has 30 heavy (non-hydrogen) atoms. The Bertz CT molecular complexity index is 955. The quantitative estimate of drug-likeness (QED) is 0.509. The van der Waals surface area contributed by atoms with E-state index >= 15 is 0 Å². The van der Waals surface area contributed by atoms with E-state index in [9.17, 15) is 19.2 Å². The van der Waals surface area contributed by atoms with Crippen LogP contribution >= 0.6 is 0 Å². The molecule has 1 heterocycles. The van der Waals surface area contributed by atoms with Gasteiger partial charge in [0, 0.05) is 13.1 Å². The number of nitrogens with zero attached hydrogens (tertiary/aromatic N) is 1. The van der Waals surface area contributed by atoms with Crippen molar-refractivity contribution in [1.82, 2.24) is 10.2 Å². The average Bonchev–Trinajstić information content (AvgIpc) is 3.00. The van der Waals surface area contributed by atoms with Crippen LogP contribution in [0.15, 0.2) is 48.5 Å². The Morgan fingerprint density at radius 2 is 1.73 bits per heavy atom. The molecule has 0 saturated carbocycles. The van der Waals surface area contributed by atoms with Crippen molar-refractivity contribution in [3.8, 4) is 0 Å². The van der Waals surface area contributed by atoms with Crippen molar-refractivity contribution >= 4 is 23.7 Å². The second-order valence-corrected chi connectivity index (χ2v) is 7.04. The Labute approximate surface area is 175 Å². The Balaban J connectivity index is 1.52. The Hall–Kier alpha value is -3.48. The first-order valence-electron chi connectivity index (χ1n) is 9.99. The minimum absolute atomic E-state index is 0.129. The summed E-state index contributed by atoms with van der Waals surface area (Å²) in [6.45, 7) is 2.35. The third kappa shape index (κ3) is 4.92. The standard InChI is InChI=1S/C23H24N2O5/c1-2-3-13-25-21(27)18-10-9-17(14-19(18)22(25)28)23(29)30-15-20(26)24-12-11-16-7-5-4-6-8-16/h4-10,14H,2-3,11-13,15H2,1H3,(H,24,26). The number of esters is 1. The highest BCUT2D eigenvalue weighted by atomic mass is 16.5. The number of imide groups is 1. The fourth-order valence-electron chi connectivity index (χ4n) is 3.19. The first-order valence-corrected chi connectivity index (χ1v) is 9.99. The fourth-order valence-corrected chi connectivity index (χ4v) is 3.19. The summed E-state index contributed by atoms with van der Waals surface area (Å²) in [6, 6.07) is 14.0. The topological polar surface area (TPSA) is 92.8 Å². The van der Waals surface area contributed by atoms with Crippen LogP contribution in [0.5, 0.6) is 0 Å². The number of carbonyl (C=O) groups is 4. The van der Waals surface area contributed by atoms with E-state index in [1.54, 1.807) is 0 Å². The van der Waals surface area contributed by atoms with Gasteiger partial charge in [-0.25, -0.2) is 4.79 Å². The molecule has 3 rings (SSSR count). The lowest BCUT2D eigenvalue weighted by Gasteiger charge is -2.12. The molecule has 0 unspecified atom stereocenters. The molecule has 0 aliphatic carbocycles. The summed E-state index contributed by atoms with van der Waals surface area (Å²) in [4.78, 5) is 50.2. The van der Waals surface area contributed by atoms with Crippen molar-refractivity contribution in [3.63, 3.8) is 0 Å². The van der Waals surface area contributed by atoms with Crippen LogP contribution < -0.4 is 5.32 Å². The van der Waals surface area contributed by atoms with Crippen LogP contribution in [0.3, 0.4) is 0 Å². The first kappa shape index (κ1) is 21.2. The van der Waals surface area contributed by atoms with Crippen molar-refractivity contribution in [1.29, 1.82) is 0 Å². The van der Waals surface area contributed by atoms with Crippen molar-refractivity contribution < 1.29 is 23.9 Å². The largest absolute Gasteiger partial charge is 0.452 e. The molecule has 0 spiro atoms. The molecule has 2 aromatic carbocycles. The van der Waals surface area contributed by atoms with Crippen molar-refractivity contribution in [2.45, 2.75) is 26.2 Å². The molecule has 0 aromatic heterocycles. The zero-order chi connectivity index (χ0) is 21.5. The van der Waals surface area contributed by atoms with Gasteiger partial charge in [-0.1, -0.05) is 43.7 Å². The molecule has 0 bridgehead atoms. The van der Waals surface area contributed by atoms with Gasteiger partial charge in [0.05, 0.1) is 16.7 Å². The number of rotatable bonds is 9. The lowest BCUT2D eigenvalue weighted by molar-refractivity contribution is -0.124. The molecule has 0 atom stereocenters. The number of carbonyl (C=O) groups excluding carboxylic acids is 4. The highest BCUT2D eigenvalue weighted by Crippen LogP contribution is 2.24. The van der Waals surface area contributed by atoms with E-state index in [0.717, 1.165) is 18.4 Å². The molecular weight excluding hydrogens is 384 g/mol. The summed E-state index contributed by atoms with van der Waals surface area (Å²) in [7, 11) is 0. The highest BCUT2D eigenvalue weighted by Gasteiger charge is 2.35. The maximum Gasteiger partial charge on any atom is 0.338 e. The van der Waals surface area contributed by atoms with Crippen LogP contribution in [0.4, 0.5) is 0 Å². The summed E-state index contributed by atoms with van der Waals surface area (Å²) in [5, 5.41) is 2.70. The zero-order valence-corrected chi connectivity index (χ0v) is 16.8. The van der Waals surface area contributed by atoms with E-state index in [1.807, 2.05) is 37.3 Å². The second-order valence-electron chi connectivity index (χ2n) is 7.04.